The van der Waals surface area contributed by atoms with E-state index >= 15 is 0 Å². The minimum Gasteiger partial charge on any atom is -0.429 e. The first-order chi connectivity index (χ1) is 7.58. The van der Waals surface area contributed by atoms with E-state index in [2.05, 4.69) is 4.98 Å². The summed E-state index contributed by atoms with van der Waals surface area (Å²) in [6.45, 7) is 1.86. The third-order valence-electron chi connectivity index (χ3n) is 2.47. The fourth-order valence-electron chi connectivity index (χ4n) is 1.60. The maximum Gasteiger partial charge on any atom is 0.292 e. The smallest absolute Gasteiger partial charge is 0.292 e. The maximum absolute atomic E-state index is 5.51. The number of aryl methyl sites for hydroxylation is 1. The van der Waals surface area contributed by atoms with Gasteiger partial charge in [0.25, 0.3) is 6.01 Å². The number of anilines is 2. The normalized spacial score (nSPS) is 10.4. The molecule has 0 spiro atoms. The third kappa shape index (κ3) is 1.86. The van der Waals surface area contributed by atoms with Gasteiger partial charge in [0.1, 0.15) is 11.5 Å². The van der Waals surface area contributed by atoms with Gasteiger partial charge in [-0.1, -0.05) is 12.1 Å². The van der Waals surface area contributed by atoms with Crippen molar-refractivity contribution in [2.24, 2.45) is 0 Å². The SMILES string of the molecule is Cc1oc(N)nc1-c1ccc(N(C)C)cc1. The molecule has 0 atom stereocenters. The average molecular weight is 217 g/mol. The lowest BCUT2D eigenvalue weighted by molar-refractivity contribution is 0.549. The molecule has 0 fully saturated rings. The van der Waals surface area contributed by atoms with Gasteiger partial charge in [0.2, 0.25) is 0 Å². The van der Waals surface area contributed by atoms with Crippen molar-refractivity contribution >= 4 is 11.7 Å². The van der Waals surface area contributed by atoms with E-state index in [0.717, 1.165) is 22.7 Å². The van der Waals surface area contributed by atoms with Gasteiger partial charge in [-0.15, -0.1) is 0 Å². The van der Waals surface area contributed by atoms with Crippen molar-refractivity contribution in [3.8, 4) is 11.3 Å². The molecular formula is C12H15N3O. The Morgan fingerprint density at radius 2 is 1.81 bits per heavy atom. The molecule has 2 rings (SSSR count). The number of aromatic nitrogens is 1. The quantitative estimate of drug-likeness (QED) is 0.838. The van der Waals surface area contributed by atoms with Crippen LogP contribution < -0.4 is 10.6 Å². The van der Waals surface area contributed by atoms with Crippen molar-refractivity contribution < 1.29 is 4.42 Å². The zero-order chi connectivity index (χ0) is 11.7. The van der Waals surface area contributed by atoms with Crippen LogP contribution in [0, 0.1) is 6.92 Å². The highest BCUT2D eigenvalue weighted by molar-refractivity contribution is 5.65. The van der Waals surface area contributed by atoms with E-state index in [4.69, 9.17) is 10.2 Å². The third-order valence-corrected chi connectivity index (χ3v) is 2.47. The Morgan fingerprint density at radius 1 is 1.19 bits per heavy atom. The van der Waals surface area contributed by atoms with E-state index in [1.54, 1.807) is 0 Å². The molecule has 0 amide bonds. The maximum atomic E-state index is 5.51. The summed E-state index contributed by atoms with van der Waals surface area (Å²) in [4.78, 5) is 6.20. The van der Waals surface area contributed by atoms with Crippen LogP contribution in [0.15, 0.2) is 28.7 Å². The van der Waals surface area contributed by atoms with Crippen LogP contribution in [0.25, 0.3) is 11.3 Å². The summed E-state index contributed by atoms with van der Waals surface area (Å²) in [6, 6.07) is 8.32. The van der Waals surface area contributed by atoms with Gasteiger partial charge in [-0.05, 0) is 19.1 Å². The molecule has 0 aliphatic rings. The highest BCUT2D eigenvalue weighted by Crippen LogP contribution is 2.25. The molecule has 0 saturated heterocycles. The lowest BCUT2D eigenvalue weighted by Gasteiger charge is -2.12. The molecule has 84 valence electrons. The number of hydrogen-bond donors (Lipinski definition) is 1. The van der Waals surface area contributed by atoms with Crippen molar-refractivity contribution in [1.29, 1.82) is 0 Å². The largest absolute Gasteiger partial charge is 0.429 e. The molecule has 4 nitrogen and oxygen atoms in total. The topological polar surface area (TPSA) is 55.3 Å². The second-order valence-electron chi connectivity index (χ2n) is 3.90. The predicted octanol–water partition coefficient (Wildman–Crippen LogP) is 2.30. The van der Waals surface area contributed by atoms with Crippen LogP contribution in [0.4, 0.5) is 11.7 Å². The summed E-state index contributed by atoms with van der Waals surface area (Å²) in [6.07, 6.45) is 0. The average Bonchev–Trinajstić information content (AvgIpc) is 2.58. The Labute approximate surface area is 94.7 Å². The van der Waals surface area contributed by atoms with Crippen LogP contribution in [0.2, 0.25) is 0 Å². The molecule has 0 unspecified atom stereocenters. The summed E-state index contributed by atoms with van der Waals surface area (Å²) in [5, 5.41) is 0. The molecule has 1 aromatic carbocycles. The molecule has 1 heterocycles. The van der Waals surface area contributed by atoms with Gasteiger partial charge in [-0.2, -0.15) is 4.98 Å². The van der Waals surface area contributed by atoms with E-state index in [1.165, 1.54) is 0 Å². The van der Waals surface area contributed by atoms with Crippen LogP contribution in [0.3, 0.4) is 0 Å². The van der Waals surface area contributed by atoms with Gasteiger partial charge in [0.15, 0.2) is 0 Å². The summed E-state index contributed by atoms with van der Waals surface area (Å²) >= 11 is 0. The molecule has 0 aliphatic heterocycles. The van der Waals surface area contributed by atoms with Crippen molar-refractivity contribution in [1.82, 2.24) is 4.98 Å². The van der Waals surface area contributed by atoms with Gasteiger partial charge >= 0.3 is 0 Å². The monoisotopic (exact) mass is 217 g/mol. The van der Waals surface area contributed by atoms with E-state index in [9.17, 15) is 0 Å². The highest BCUT2D eigenvalue weighted by Gasteiger charge is 2.09. The summed E-state index contributed by atoms with van der Waals surface area (Å²) in [7, 11) is 4.02. The van der Waals surface area contributed by atoms with Crippen molar-refractivity contribution in [2.75, 3.05) is 24.7 Å². The lowest BCUT2D eigenvalue weighted by Crippen LogP contribution is -2.07. The Morgan fingerprint density at radius 3 is 2.25 bits per heavy atom. The number of nitrogen functional groups attached to an aromatic ring is 1. The molecule has 0 saturated carbocycles. The van der Waals surface area contributed by atoms with Crippen LogP contribution in [0.1, 0.15) is 5.76 Å². The molecule has 0 radical (unpaired) electrons. The van der Waals surface area contributed by atoms with E-state index in [0.29, 0.717) is 0 Å². The molecule has 4 heteroatoms. The predicted molar refractivity (Wildman–Crippen MR) is 65.4 cm³/mol. The minimum absolute atomic E-state index is 0.212. The van der Waals surface area contributed by atoms with E-state index in [1.807, 2.05) is 50.2 Å². The fraction of sp³-hybridized carbons (Fsp3) is 0.250. The lowest BCUT2D eigenvalue weighted by atomic mass is 10.1. The highest BCUT2D eigenvalue weighted by atomic mass is 16.4. The van der Waals surface area contributed by atoms with Gasteiger partial charge in [0.05, 0.1) is 0 Å². The number of rotatable bonds is 2. The molecule has 1 aromatic heterocycles. The molecule has 16 heavy (non-hydrogen) atoms. The van der Waals surface area contributed by atoms with Gasteiger partial charge < -0.3 is 15.1 Å². The fourth-order valence-corrected chi connectivity index (χ4v) is 1.60. The van der Waals surface area contributed by atoms with Crippen LogP contribution in [-0.4, -0.2) is 19.1 Å². The zero-order valence-electron chi connectivity index (χ0n) is 9.69. The first kappa shape index (κ1) is 10.5. The van der Waals surface area contributed by atoms with E-state index in [-0.39, 0.29) is 6.01 Å². The molecule has 0 aliphatic carbocycles. The van der Waals surface area contributed by atoms with Crippen LogP contribution in [-0.2, 0) is 0 Å². The Balaban J connectivity index is 2.38. The number of hydrogen-bond acceptors (Lipinski definition) is 4. The number of benzene rings is 1. The number of oxazole rings is 1. The molecule has 2 N–H and O–H groups in total. The minimum atomic E-state index is 0.212. The first-order valence-electron chi connectivity index (χ1n) is 5.08. The summed E-state index contributed by atoms with van der Waals surface area (Å²) < 4.78 is 5.20. The molecule has 0 bridgehead atoms. The van der Waals surface area contributed by atoms with Crippen molar-refractivity contribution in [3.05, 3.63) is 30.0 Å². The zero-order valence-corrected chi connectivity index (χ0v) is 9.69. The Kier molecular flexibility index (Phi) is 2.56. The molecular weight excluding hydrogens is 202 g/mol. The summed E-state index contributed by atoms with van der Waals surface area (Å²) in [5.74, 6) is 0.745. The summed E-state index contributed by atoms with van der Waals surface area (Å²) in [5.41, 5.74) is 8.49. The van der Waals surface area contributed by atoms with E-state index < -0.39 is 0 Å². The number of nitrogens with zero attached hydrogens (tertiary/aromatic N) is 2. The molecule has 2 aromatic rings. The van der Waals surface area contributed by atoms with Crippen molar-refractivity contribution in [3.63, 3.8) is 0 Å². The standard InChI is InChI=1S/C12H15N3O/c1-8-11(14-12(13)16-8)9-4-6-10(7-5-9)15(2)3/h4-7H,1-3H3,(H2,13,14). The van der Waals surface area contributed by atoms with Crippen molar-refractivity contribution in [2.45, 2.75) is 6.92 Å². The Hall–Kier alpha value is -1.97. The van der Waals surface area contributed by atoms with Crippen LogP contribution in [0.5, 0.6) is 0 Å². The van der Waals surface area contributed by atoms with Crippen LogP contribution >= 0.6 is 0 Å². The number of nitrogens with two attached hydrogens (primary N) is 1. The second-order valence-corrected chi connectivity index (χ2v) is 3.90. The van der Waals surface area contributed by atoms with Gasteiger partial charge in [-0.25, -0.2) is 0 Å². The van der Waals surface area contributed by atoms with Gasteiger partial charge in [-0.3, -0.25) is 0 Å². The second kappa shape index (κ2) is 3.89. The van der Waals surface area contributed by atoms with Gasteiger partial charge in [0, 0.05) is 25.3 Å². The Bertz CT molecular complexity index is 485. The first-order valence-corrected chi connectivity index (χ1v) is 5.08.